The standard InChI is InChI=1S/C18H20N4O4/c1-19-8-12(23)7-16-20-9-13(22-16)10-5-14(24)17(15(6-10)26-2)18(25)21-11-3-4-11/h5-9,11,23-24H,3-4H2,1-2H3,(H,20,22)(H,21,25)/b12-7+,19-8-. The Morgan fingerprint density at radius 3 is 2.88 bits per heavy atom. The molecule has 3 rings (SSSR count). The van der Waals surface area contributed by atoms with Crippen molar-refractivity contribution in [1.82, 2.24) is 15.3 Å². The molecule has 1 fully saturated rings. The summed E-state index contributed by atoms with van der Waals surface area (Å²) in [4.78, 5) is 23.2. The molecule has 0 atom stereocenters. The van der Waals surface area contributed by atoms with Crippen molar-refractivity contribution in [1.29, 1.82) is 0 Å². The van der Waals surface area contributed by atoms with Gasteiger partial charge in [0.2, 0.25) is 0 Å². The van der Waals surface area contributed by atoms with E-state index >= 15 is 0 Å². The number of aliphatic hydroxyl groups is 1. The maximum atomic E-state index is 12.3. The summed E-state index contributed by atoms with van der Waals surface area (Å²) in [5.41, 5.74) is 1.30. The van der Waals surface area contributed by atoms with E-state index in [1.54, 1.807) is 19.3 Å². The van der Waals surface area contributed by atoms with Gasteiger partial charge in [0.15, 0.2) is 0 Å². The first kappa shape index (κ1) is 17.5. The number of allylic oxidation sites excluding steroid dienone is 1. The number of nitrogens with zero attached hydrogens (tertiary/aromatic N) is 2. The molecule has 1 aliphatic carbocycles. The zero-order valence-electron chi connectivity index (χ0n) is 14.5. The Kier molecular flexibility index (Phi) is 4.92. The number of aromatic nitrogens is 2. The average Bonchev–Trinajstić information content (AvgIpc) is 3.29. The van der Waals surface area contributed by atoms with Crippen LogP contribution >= 0.6 is 0 Å². The summed E-state index contributed by atoms with van der Waals surface area (Å²) in [6, 6.07) is 3.29. The Hall–Kier alpha value is -3.29. The lowest BCUT2D eigenvalue weighted by molar-refractivity contribution is 0.0945. The van der Waals surface area contributed by atoms with Crippen molar-refractivity contribution in [2.24, 2.45) is 4.99 Å². The molecular weight excluding hydrogens is 336 g/mol. The van der Waals surface area contributed by atoms with E-state index in [-0.39, 0.29) is 34.8 Å². The number of carbonyl (C=O) groups is 1. The van der Waals surface area contributed by atoms with Gasteiger partial charge in [-0.3, -0.25) is 9.79 Å². The molecule has 1 heterocycles. The predicted octanol–water partition coefficient (Wildman–Crippen LogP) is 2.28. The summed E-state index contributed by atoms with van der Waals surface area (Å²) in [5.74, 6) is 0.119. The molecule has 1 aromatic heterocycles. The van der Waals surface area contributed by atoms with Crippen LogP contribution < -0.4 is 10.1 Å². The largest absolute Gasteiger partial charge is 0.507 e. The fourth-order valence-corrected chi connectivity index (χ4v) is 2.50. The first-order chi connectivity index (χ1) is 12.5. The molecule has 0 bridgehead atoms. The lowest BCUT2D eigenvalue weighted by atomic mass is 10.1. The molecule has 0 unspecified atom stereocenters. The summed E-state index contributed by atoms with van der Waals surface area (Å²) in [5, 5.41) is 22.8. The third kappa shape index (κ3) is 3.85. The van der Waals surface area contributed by atoms with Crippen molar-refractivity contribution in [3.8, 4) is 22.8 Å². The summed E-state index contributed by atoms with van der Waals surface area (Å²) >= 11 is 0. The van der Waals surface area contributed by atoms with Crippen molar-refractivity contribution in [3.05, 3.63) is 35.5 Å². The molecule has 1 amide bonds. The van der Waals surface area contributed by atoms with Gasteiger partial charge < -0.3 is 25.3 Å². The van der Waals surface area contributed by atoms with Gasteiger partial charge in [0.05, 0.1) is 25.2 Å². The number of imidazole rings is 1. The van der Waals surface area contributed by atoms with Crippen LogP contribution in [-0.2, 0) is 0 Å². The van der Waals surface area contributed by atoms with Gasteiger partial charge in [0.1, 0.15) is 28.6 Å². The highest BCUT2D eigenvalue weighted by atomic mass is 16.5. The molecule has 2 aromatic rings. The van der Waals surface area contributed by atoms with Crippen LogP contribution in [0.3, 0.4) is 0 Å². The maximum absolute atomic E-state index is 12.3. The summed E-state index contributed by atoms with van der Waals surface area (Å²) in [7, 11) is 2.99. The van der Waals surface area contributed by atoms with E-state index in [1.165, 1.54) is 25.5 Å². The van der Waals surface area contributed by atoms with Gasteiger partial charge in [-0.05, 0) is 25.0 Å². The Balaban J connectivity index is 1.91. The molecule has 136 valence electrons. The van der Waals surface area contributed by atoms with Crippen molar-refractivity contribution < 1.29 is 19.7 Å². The van der Waals surface area contributed by atoms with E-state index in [0.29, 0.717) is 17.1 Å². The van der Waals surface area contributed by atoms with E-state index in [4.69, 9.17) is 4.74 Å². The normalized spacial score (nSPS) is 14.6. The second-order valence-corrected chi connectivity index (χ2v) is 5.96. The number of ether oxygens (including phenoxy) is 1. The molecule has 4 N–H and O–H groups in total. The third-order valence-electron chi connectivity index (χ3n) is 3.89. The molecule has 1 aromatic carbocycles. The van der Waals surface area contributed by atoms with Gasteiger partial charge in [0, 0.05) is 24.7 Å². The van der Waals surface area contributed by atoms with Crippen molar-refractivity contribution in [2.45, 2.75) is 18.9 Å². The second-order valence-electron chi connectivity index (χ2n) is 5.96. The smallest absolute Gasteiger partial charge is 0.259 e. The molecule has 1 saturated carbocycles. The fourth-order valence-electron chi connectivity index (χ4n) is 2.50. The molecule has 0 spiro atoms. The van der Waals surface area contributed by atoms with Crippen LogP contribution in [0.15, 0.2) is 29.1 Å². The van der Waals surface area contributed by atoms with E-state index in [0.717, 1.165) is 12.8 Å². The molecule has 1 aliphatic rings. The molecule has 8 nitrogen and oxygen atoms in total. The first-order valence-corrected chi connectivity index (χ1v) is 8.12. The zero-order chi connectivity index (χ0) is 18.7. The SMILES string of the molecule is C/N=C\C(O)=C/c1ncc(-c2cc(O)c(C(=O)NC3CC3)c(OC)c2)[nH]1. The van der Waals surface area contributed by atoms with Crippen molar-refractivity contribution in [2.75, 3.05) is 14.2 Å². The fraction of sp³-hybridized carbons (Fsp3) is 0.278. The zero-order valence-corrected chi connectivity index (χ0v) is 14.5. The lowest BCUT2D eigenvalue weighted by Gasteiger charge is -2.12. The van der Waals surface area contributed by atoms with E-state index < -0.39 is 0 Å². The third-order valence-corrected chi connectivity index (χ3v) is 3.89. The quantitative estimate of drug-likeness (QED) is 0.467. The summed E-state index contributed by atoms with van der Waals surface area (Å²) in [6.45, 7) is 0. The van der Waals surface area contributed by atoms with Crippen molar-refractivity contribution >= 4 is 18.2 Å². The van der Waals surface area contributed by atoms with E-state index in [2.05, 4.69) is 20.3 Å². The number of aromatic amines is 1. The topological polar surface area (TPSA) is 120 Å². The number of hydrogen-bond donors (Lipinski definition) is 4. The maximum Gasteiger partial charge on any atom is 0.259 e. The Labute approximate surface area is 150 Å². The predicted molar refractivity (Wildman–Crippen MR) is 97.8 cm³/mol. The van der Waals surface area contributed by atoms with Crippen LogP contribution in [0.2, 0.25) is 0 Å². The number of hydrogen-bond acceptors (Lipinski definition) is 6. The average molecular weight is 356 g/mol. The number of methoxy groups -OCH3 is 1. The number of aliphatic imine (C=N–C) groups is 1. The second kappa shape index (κ2) is 7.30. The number of H-pyrrole nitrogens is 1. The van der Waals surface area contributed by atoms with Gasteiger partial charge in [-0.1, -0.05) is 0 Å². The number of carbonyl (C=O) groups excluding carboxylic acids is 1. The highest BCUT2D eigenvalue weighted by Crippen LogP contribution is 2.34. The molecular formula is C18H20N4O4. The molecule has 0 radical (unpaired) electrons. The number of phenolic OH excluding ortho intramolecular Hbond substituents is 1. The minimum Gasteiger partial charge on any atom is -0.507 e. The summed E-state index contributed by atoms with van der Waals surface area (Å²) in [6.07, 6.45) is 6.18. The number of phenols is 1. The van der Waals surface area contributed by atoms with Crippen LogP contribution in [0, 0.1) is 0 Å². The molecule has 26 heavy (non-hydrogen) atoms. The highest BCUT2D eigenvalue weighted by molar-refractivity contribution is 6.00. The Morgan fingerprint density at radius 2 is 2.23 bits per heavy atom. The Morgan fingerprint density at radius 1 is 1.46 bits per heavy atom. The van der Waals surface area contributed by atoms with Crippen LogP contribution in [0.4, 0.5) is 0 Å². The van der Waals surface area contributed by atoms with Gasteiger partial charge in [0.25, 0.3) is 5.91 Å². The van der Waals surface area contributed by atoms with Crippen LogP contribution in [-0.4, -0.2) is 52.5 Å². The van der Waals surface area contributed by atoms with Crippen molar-refractivity contribution in [3.63, 3.8) is 0 Å². The minimum atomic E-state index is -0.356. The minimum absolute atomic E-state index is 0.0408. The van der Waals surface area contributed by atoms with Crippen LogP contribution in [0.5, 0.6) is 11.5 Å². The number of nitrogens with one attached hydrogen (secondary N) is 2. The monoisotopic (exact) mass is 356 g/mol. The van der Waals surface area contributed by atoms with Crippen LogP contribution in [0.25, 0.3) is 17.3 Å². The van der Waals surface area contributed by atoms with Crippen LogP contribution in [0.1, 0.15) is 29.0 Å². The Bertz CT molecular complexity index is 881. The molecule has 8 heteroatoms. The highest BCUT2D eigenvalue weighted by Gasteiger charge is 2.27. The number of rotatable bonds is 6. The summed E-state index contributed by atoms with van der Waals surface area (Å²) < 4.78 is 5.29. The van der Waals surface area contributed by atoms with E-state index in [9.17, 15) is 15.0 Å². The lowest BCUT2D eigenvalue weighted by Crippen LogP contribution is -2.25. The number of benzene rings is 1. The first-order valence-electron chi connectivity index (χ1n) is 8.12. The number of aliphatic hydroxyl groups excluding tert-OH is 1. The van der Waals surface area contributed by atoms with E-state index in [1.807, 2.05) is 0 Å². The molecule has 0 saturated heterocycles. The van der Waals surface area contributed by atoms with Gasteiger partial charge >= 0.3 is 0 Å². The number of aromatic hydroxyl groups is 1. The molecule has 0 aliphatic heterocycles. The van der Waals surface area contributed by atoms with Gasteiger partial charge in [-0.25, -0.2) is 4.98 Å². The van der Waals surface area contributed by atoms with Gasteiger partial charge in [-0.2, -0.15) is 0 Å². The number of amides is 1. The van der Waals surface area contributed by atoms with Gasteiger partial charge in [-0.15, -0.1) is 0 Å².